The number of piperazine rings is 1. The van der Waals surface area contributed by atoms with Gasteiger partial charge in [-0.15, -0.1) is 0 Å². The number of fused-ring (bicyclic) bond motifs is 1. The molecular weight excluding hydrogens is 228 g/mol. The summed E-state index contributed by atoms with van der Waals surface area (Å²) in [7, 11) is 0. The number of anilines is 1. The van der Waals surface area contributed by atoms with E-state index in [2.05, 4.69) is 23.2 Å². The summed E-state index contributed by atoms with van der Waals surface area (Å²) in [6, 6.07) is 7.45. The first-order valence-electron chi connectivity index (χ1n) is 6.24. The van der Waals surface area contributed by atoms with Crippen LogP contribution in [0.5, 0.6) is 0 Å². The van der Waals surface area contributed by atoms with Gasteiger partial charge in [-0.3, -0.25) is 0 Å². The van der Waals surface area contributed by atoms with Gasteiger partial charge in [0.15, 0.2) is 5.58 Å². The fourth-order valence-electron chi connectivity index (χ4n) is 2.45. The van der Waals surface area contributed by atoms with Gasteiger partial charge < -0.3 is 14.6 Å². The van der Waals surface area contributed by atoms with Gasteiger partial charge >= 0.3 is 5.63 Å². The summed E-state index contributed by atoms with van der Waals surface area (Å²) in [5.41, 5.74) is 2.63. The minimum Gasteiger partial charge on any atom is -0.420 e. The number of nitrogens with one attached hydrogen (secondary N) is 1. The highest BCUT2D eigenvalue weighted by atomic mass is 16.4. The van der Waals surface area contributed by atoms with E-state index in [0.29, 0.717) is 5.58 Å². The Morgan fingerprint density at radius 1 is 1.22 bits per heavy atom. The Balaban J connectivity index is 2.19. The van der Waals surface area contributed by atoms with Crippen molar-refractivity contribution >= 4 is 16.7 Å². The molecule has 2 heterocycles. The average Bonchev–Trinajstić information content (AvgIpc) is 2.39. The molecule has 4 heteroatoms. The largest absolute Gasteiger partial charge is 0.420 e. The third-order valence-electron chi connectivity index (χ3n) is 3.30. The summed E-state index contributed by atoms with van der Waals surface area (Å²) in [5, 5.41) is 4.31. The van der Waals surface area contributed by atoms with Gasteiger partial charge in [-0.2, -0.15) is 0 Å². The number of aryl methyl sites for hydroxylation is 1. The van der Waals surface area contributed by atoms with Crippen LogP contribution in [0.1, 0.15) is 5.56 Å². The van der Waals surface area contributed by atoms with E-state index in [0.717, 1.165) is 37.3 Å². The molecular formula is C14H16N2O2. The average molecular weight is 244 g/mol. The summed E-state index contributed by atoms with van der Waals surface area (Å²) in [5.74, 6) is 0. The van der Waals surface area contributed by atoms with Gasteiger partial charge in [-0.25, -0.2) is 4.79 Å². The van der Waals surface area contributed by atoms with E-state index in [-0.39, 0.29) is 5.63 Å². The first kappa shape index (κ1) is 11.3. The second kappa shape index (κ2) is 4.46. The van der Waals surface area contributed by atoms with Crippen molar-refractivity contribution in [2.45, 2.75) is 6.92 Å². The fourth-order valence-corrected chi connectivity index (χ4v) is 2.45. The van der Waals surface area contributed by atoms with Crippen LogP contribution in [-0.2, 0) is 0 Å². The van der Waals surface area contributed by atoms with Crippen molar-refractivity contribution in [3.05, 3.63) is 40.2 Å². The summed E-state index contributed by atoms with van der Waals surface area (Å²) >= 11 is 0. The molecule has 0 spiro atoms. The van der Waals surface area contributed by atoms with Crippen LogP contribution in [0.4, 0.5) is 5.69 Å². The minimum absolute atomic E-state index is 0.289. The predicted molar refractivity (Wildman–Crippen MR) is 72.3 cm³/mol. The van der Waals surface area contributed by atoms with Gasteiger partial charge in [-0.05, 0) is 30.7 Å². The van der Waals surface area contributed by atoms with Crippen LogP contribution in [0, 0.1) is 6.92 Å². The molecule has 0 atom stereocenters. The molecule has 1 N–H and O–H groups in total. The molecule has 0 radical (unpaired) electrons. The van der Waals surface area contributed by atoms with Gasteiger partial charge in [0, 0.05) is 37.6 Å². The van der Waals surface area contributed by atoms with E-state index in [1.807, 2.05) is 12.1 Å². The number of benzene rings is 1. The summed E-state index contributed by atoms with van der Waals surface area (Å²) in [4.78, 5) is 13.7. The first-order valence-corrected chi connectivity index (χ1v) is 6.24. The van der Waals surface area contributed by atoms with Crippen molar-refractivity contribution in [2.24, 2.45) is 0 Å². The van der Waals surface area contributed by atoms with Crippen LogP contribution in [0.25, 0.3) is 11.0 Å². The standard InChI is InChI=1S/C14H16N2O2/c1-10-8-11-2-3-13(17)18-14(11)12(9-10)16-6-4-15-5-7-16/h2-3,8-9,15H,4-7H2,1H3. The van der Waals surface area contributed by atoms with Crippen molar-refractivity contribution in [1.82, 2.24) is 5.32 Å². The quantitative estimate of drug-likeness (QED) is 0.772. The maximum atomic E-state index is 11.4. The molecule has 0 saturated carbocycles. The highest BCUT2D eigenvalue weighted by Gasteiger charge is 2.15. The van der Waals surface area contributed by atoms with E-state index in [1.54, 1.807) is 0 Å². The number of hydrogen-bond donors (Lipinski definition) is 1. The van der Waals surface area contributed by atoms with Gasteiger partial charge in [0.05, 0.1) is 5.69 Å². The molecule has 0 aliphatic carbocycles. The van der Waals surface area contributed by atoms with Gasteiger partial charge in [0.1, 0.15) is 0 Å². The maximum Gasteiger partial charge on any atom is 0.336 e. The number of nitrogens with zero attached hydrogens (tertiary/aromatic N) is 1. The van der Waals surface area contributed by atoms with Crippen LogP contribution < -0.4 is 15.8 Å². The predicted octanol–water partition coefficient (Wildman–Crippen LogP) is 1.51. The Bertz CT molecular complexity index is 627. The Kier molecular flexibility index (Phi) is 2.80. The first-order chi connectivity index (χ1) is 8.74. The van der Waals surface area contributed by atoms with Crippen LogP contribution in [-0.4, -0.2) is 26.2 Å². The zero-order chi connectivity index (χ0) is 12.5. The van der Waals surface area contributed by atoms with Gasteiger partial charge in [0.25, 0.3) is 0 Å². The monoisotopic (exact) mass is 244 g/mol. The lowest BCUT2D eigenvalue weighted by Gasteiger charge is -2.29. The smallest absolute Gasteiger partial charge is 0.336 e. The number of rotatable bonds is 1. The topological polar surface area (TPSA) is 45.5 Å². The molecule has 2 aromatic rings. The molecule has 1 fully saturated rings. The van der Waals surface area contributed by atoms with Crippen molar-refractivity contribution < 1.29 is 4.42 Å². The molecule has 94 valence electrons. The zero-order valence-electron chi connectivity index (χ0n) is 10.4. The van der Waals surface area contributed by atoms with Crippen LogP contribution >= 0.6 is 0 Å². The summed E-state index contributed by atoms with van der Waals surface area (Å²) in [6.45, 7) is 5.88. The molecule has 1 aliphatic rings. The van der Waals surface area contributed by atoms with E-state index < -0.39 is 0 Å². The molecule has 1 aromatic carbocycles. The van der Waals surface area contributed by atoms with E-state index in [9.17, 15) is 4.79 Å². The van der Waals surface area contributed by atoms with E-state index >= 15 is 0 Å². The lowest BCUT2D eigenvalue weighted by atomic mass is 10.1. The van der Waals surface area contributed by atoms with Gasteiger partial charge in [-0.1, -0.05) is 0 Å². The van der Waals surface area contributed by atoms with Crippen molar-refractivity contribution in [1.29, 1.82) is 0 Å². The molecule has 18 heavy (non-hydrogen) atoms. The van der Waals surface area contributed by atoms with Crippen LogP contribution in [0.3, 0.4) is 0 Å². The van der Waals surface area contributed by atoms with Gasteiger partial charge in [0.2, 0.25) is 0 Å². The summed E-state index contributed by atoms with van der Waals surface area (Å²) < 4.78 is 5.38. The Hall–Kier alpha value is -1.81. The molecule has 3 rings (SSSR count). The lowest BCUT2D eigenvalue weighted by Crippen LogP contribution is -2.43. The third kappa shape index (κ3) is 1.99. The highest BCUT2D eigenvalue weighted by molar-refractivity contribution is 5.89. The van der Waals surface area contributed by atoms with Crippen LogP contribution in [0.15, 0.2) is 33.5 Å². The Labute approximate surface area is 105 Å². The summed E-state index contributed by atoms with van der Waals surface area (Å²) in [6.07, 6.45) is 0. The van der Waals surface area contributed by atoms with Crippen LogP contribution in [0.2, 0.25) is 0 Å². The van der Waals surface area contributed by atoms with E-state index in [1.165, 1.54) is 11.6 Å². The molecule has 1 aromatic heterocycles. The highest BCUT2D eigenvalue weighted by Crippen LogP contribution is 2.27. The maximum absolute atomic E-state index is 11.4. The Morgan fingerprint density at radius 3 is 2.78 bits per heavy atom. The molecule has 0 bridgehead atoms. The SMILES string of the molecule is Cc1cc(N2CCNCC2)c2oc(=O)ccc2c1. The molecule has 0 amide bonds. The normalized spacial score (nSPS) is 16.2. The second-order valence-electron chi connectivity index (χ2n) is 4.69. The third-order valence-corrected chi connectivity index (χ3v) is 3.30. The zero-order valence-corrected chi connectivity index (χ0v) is 10.4. The molecule has 1 saturated heterocycles. The molecule has 4 nitrogen and oxygen atoms in total. The molecule has 1 aliphatic heterocycles. The van der Waals surface area contributed by atoms with Crippen molar-refractivity contribution in [2.75, 3.05) is 31.1 Å². The Morgan fingerprint density at radius 2 is 2.00 bits per heavy atom. The second-order valence-corrected chi connectivity index (χ2v) is 4.69. The molecule has 0 unspecified atom stereocenters. The minimum atomic E-state index is -0.289. The van der Waals surface area contributed by atoms with E-state index in [4.69, 9.17) is 4.42 Å². The van der Waals surface area contributed by atoms with Crippen molar-refractivity contribution in [3.8, 4) is 0 Å². The fraction of sp³-hybridized carbons (Fsp3) is 0.357. The lowest BCUT2D eigenvalue weighted by molar-refractivity contribution is 0.551. The number of hydrogen-bond acceptors (Lipinski definition) is 4. The van der Waals surface area contributed by atoms with Crippen molar-refractivity contribution in [3.63, 3.8) is 0 Å².